The average molecular weight is 573 g/mol. The molecule has 4 rings (SSSR count). The zero-order valence-corrected chi connectivity index (χ0v) is 21.2. The molecular weight excluding hydrogens is 552 g/mol. The van der Waals surface area contributed by atoms with Gasteiger partial charge in [0.25, 0.3) is 22.5 Å². The molecule has 2 saturated heterocycles. The van der Waals surface area contributed by atoms with Gasteiger partial charge in [-0.1, -0.05) is 42.1 Å². The standard InChI is InChI=1S/C19H20N6O9S3/c26-10-34-13(11-4-2-1-3-5-11)14(27)20-12-15(28)24-6-19(17(29)30,7-35-16(12)24)8-36-18-21-22-23-25(18)9-37(31,32)33/h1-5,10,12-13,16H,6-9H2,(H,20,27)(H,29,30)(H,31,32,33)/t12?,13?,16-,19?/m1/s1. The molecule has 3 heterocycles. The third-order valence-corrected chi connectivity index (χ3v) is 9.10. The van der Waals surface area contributed by atoms with E-state index in [1.54, 1.807) is 30.3 Å². The summed E-state index contributed by atoms with van der Waals surface area (Å²) in [5.74, 6) is -3.28. The number of tetrazole rings is 1. The predicted octanol–water partition coefficient (Wildman–Crippen LogP) is -1.00. The molecule has 3 unspecified atom stereocenters. The van der Waals surface area contributed by atoms with Crippen molar-refractivity contribution >= 4 is 57.9 Å². The molecule has 1 aromatic carbocycles. The van der Waals surface area contributed by atoms with Gasteiger partial charge in [-0.3, -0.25) is 23.7 Å². The number of amides is 2. The number of fused-ring (bicyclic) bond motifs is 1. The lowest BCUT2D eigenvalue weighted by Gasteiger charge is -2.53. The number of nitrogens with zero attached hydrogens (tertiary/aromatic N) is 5. The minimum atomic E-state index is -4.43. The molecule has 0 saturated carbocycles. The molecular formula is C19H20N6O9S3. The molecule has 198 valence electrons. The highest BCUT2D eigenvalue weighted by Gasteiger charge is 2.57. The summed E-state index contributed by atoms with van der Waals surface area (Å²) in [6, 6.07) is 7.34. The van der Waals surface area contributed by atoms with Gasteiger partial charge in [0.15, 0.2) is 5.88 Å². The summed E-state index contributed by atoms with van der Waals surface area (Å²) in [6.07, 6.45) is -1.25. The van der Waals surface area contributed by atoms with E-state index < -0.39 is 56.7 Å². The fourth-order valence-electron chi connectivity index (χ4n) is 3.85. The van der Waals surface area contributed by atoms with Crippen LogP contribution in [0.2, 0.25) is 0 Å². The first-order valence-electron chi connectivity index (χ1n) is 10.5. The summed E-state index contributed by atoms with van der Waals surface area (Å²) in [5, 5.41) is 22.5. The van der Waals surface area contributed by atoms with Gasteiger partial charge in [-0.25, -0.2) is 4.68 Å². The van der Waals surface area contributed by atoms with Gasteiger partial charge in [0.05, 0.1) is 0 Å². The Hall–Kier alpha value is -3.22. The number of aliphatic carboxylic acids is 1. The van der Waals surface area contributed by atoms with E-state index in [0.717, 1.165) is 16.4 Å². The van der Waals surface area contributed by atoms with Crippen molar-refractivity contribution in [2.24, 2.45) is 5.41 Å². The molecule has 3 N–H and O–H groups in total. The lowest BCUT2D eigenvalue weighted by atomic mass is 9.89. The number of rotatable bonds is 11. The number of aromatic nitrogens is 4. The molecule has 1 aromatic heterocycles. The van der Waals surface area contributed by atoms with Crippen molar-refractivity contribution in [3.63, 3.8) is 0 Å². The van der Waals surface area contributed by atoms with Crippen molar-refractivity contribution in [1.29, 1.82) is 0 Å². The lowest BCUT2D eigenvalue weighted by Crippen LogP contribution is -2.74. The molecule has 15 nitrogen and oxygen atoms in total. The van der Waals surface area contributed by atoms with Crippen LogP contribution in [0, 0.1) is 5.41 Å². The zero-order chi connectivity index (χ0) is 26.8. The number of ether oxygens (including phenoxy) is 1. The highest BCUT2D eigenvalue weighted by molar-refractivity contribution is 8.00. The number of carbonyl (C=O) groups excluding carboxylic acids is 3. The molecule has 0 spiro atoms. The van der Waals surface area contributed by atoms with Gasteiger partial charge in [0.1, 0.15) is 16.8 Å². The second-order valence-corrected chi connectivity index (χ2v) is 11.7. The number of hydrogen-bond donors (Lipinski definition) is 3. The Balaban J connectivity index is 1.42. The van der Waals surface area contributed by atoms with Crippen molar-refractivity contribution in [3.05, 3.63) is 35.9 Å². The number of carboxylic acid groups (broad SMARTS) is 1. The lowest BCUT2D eigenvalue weighted by molar-refractivity contribution is -0.159. The Kier molecular flexibility index (Phi) is 7.72. The van der Waals surface area contributed by atoms with E-state index in [-0.39, 0.29) is 29.7 Å². The molecule has 37 heavy (non-hydrogen) atoms. The number of nitrogens with one attached hydrogen (secondary N) is 1. The van der Waals surface area contributed by atoms with Crippen LogP contribution >= 0.6 is 23.5 Å². The minimum absolute atomic E-state index is 0.0208. The van der Waals surface area contributed by atoms with Crippen LogP contribution in [-0.4, -0.2) is 96.9 Å². The summed E-state index contributed by atoms with van der Waals surface area (Å²) in [4.78, 5) is 50.2. The van der Waals surface area contributed by atoms with Gasteiger partial charge in [0, 0.05) is 23.6 Å². The number of β-lactam (4-membered cyclic amide) rings is 1. The van der Waals surface area contributed by atoms with Crippen LogP contribution in [0.3, 0.4) is 0 Å². The smallest absolute Gasteiger partial charge is 0.313 e. The normalized spacial score (nSPS) is 23.9. The molecule has 2 aromatic rings. The first kappa shape index (κ1) is 26.8. The molecule has 0 radical (unpaired) electrons. The SMILES string of the molecule is O=COC(C(=O)NC1C(=O)N2CC(CSc3nnnn3CS(=O)(=O)O)(C(=O)O)CS[C@H]12)c1ccccc1. The third kappa shape index (κ3) is 5.71. The molecule has 0 aliphatic carbocycles. The van der Waals surface area contributed by atoms with Crippen LogP contribution in [0.1, 0.15) is 11.7 Å². The Morgan fingerprint density at radius 1 is 1.35 bits per heavy atom. The van der Waals surface area contributed by atoms with E-state index in [2.05, 4.69) is 20.8 Å². The van der Waals surface area contributed by atoms with Crippen molar-refractivity contribution in [2.45, 2.75) is 28.6 Å². The van der Waals surface area contributed by atoms with E-state index >= 15 is 0 Å². The van der Waals surface area contributed by atoms with Gasteiger partial charge in [0.2, 0.25) is 17.2 Å². The van der Waals surface area contributed by atoms with Crippen LogP contribution in [0.5, 0.6) is 0 Å². The highest BCUT2D eigenvalue weighted by atomic mass is 32.2. The van der Waals surface area contributed by atoms with Crippen molar-refractivity contribution in [1.82, 2.24) is 30.4 Å². The van der Waals surface area contributed by atoms with E-state index in [9.17, 15) is 32.7 Å². The zero-order valence-electron chi connectivity index (χ0n) is 18.7. The Bertz CT molecular complexity index is 1310. The maximum atomic E-state index is 12.9. The van der Waals surface area contributed by atoms with Crippen LogP contribution in [-0.2, 0) is 39.9 Å². The summed E-state index contributed by atoms with van der Waals surface area (Å²) < 4.78 is 37.1. The Morgan fingerprint density at radius 3 is 2.73 bits per heavy atom. The van der Waals surface area contributed by atoms with E-state index in [0.29, 0.717) is 5.56 Å². The van der Waals surface area contributed by atoms with E-state index in [1.807, 2.05) is 0 Å². The fraction of sp³-hybridized carbons (Fsp3) is 0.421. The van der Waals surface area contributed by atoms with Crippen LogP contribution < -0.4 is 5.32 Å². The van der Waals surface area contributed by atoms with Crippen LogP contribution in [0.15, 0.2) is 35.5 Å². The van der Waals surface area contributed by atoms with Gasteiger partial charge < -0.3 is 20.1 Å². The number of thioether (sulfide) groups is 2. The summed E-state index contributed by atoms with van der Waals surface area (Å²) in [6.45, 7) is -0.0162. The molecule has 2 aliphatic rings. The van der Waals surface area contributed by atoms with Crippen LogP contribution in [0.4, 0.5) is 0 Å². The first-order chi connectivity index (χ1) is 17.5. The number of benzene rings is 1. The molecule has 2 amide bonds. The van der Waals surface area contributed by atoms with Gasteiger partial charge in [-0.05, 0) is 10.4 Å². The maximum absolute atomic E-state index is 12.9. The number of carbonyl (C=O) groups is 4. The van der Waals surface area contributed by atoms with E-state index in [1.165, 1.54) is 16.7 Å². The Morgan fingerprint density at radius 2 is 2.08 bits per heavy atom. The largest absolute Gasteiger partial charge is 0.481 e. The molecule has 0 bridgehead atoms. The second kappa shape index (κ2) is 10.6. The first-order valence-corrected chi connectivity index (χ1v) is 14.1. The number of carboxylic acids is 1. The maximum Gasteiger partial charge on any atom is 0.313 e. The van der Waals surface area contributed by atoms with Crippen molar-refractivity contribution in [3.8, 4) is 0 Å². The fourth-order valence-corrected chi connectivity index (χ4v) is 7.15. The summed E-state index contributed by atoms with van der Waals surface area (Å²) >= 11 is 2.04. The molecule has 2 fully saturated rings. The highest BCUT2D eigenvalue weighted by Crippen LogP contribution is 2.44. The topological polar surface area (TPSA) is 211 Å². The number of hydrogen-bond acceptors (Lipinski definition) is 12. The second-order valence-electron chi connectivity index (χ2n) is 8.22. The van der Waals surface area contributed by atoms with Crippen molar-refractivity contribution in [2.75, 3.05) is 18.1 Å². The van der Waals surface area contributed by atoms with Gasteiger partial charge in [-0.2, -0.15) is 8.42 Å². The van der Waals surface area contributed by atoms with Crippen molar-refractivity contribution < 1.29 is 42.0 Å². The minimum Gasteiger partial charge on any atom is -0.481 e. The molecule has 18 heteroatoms. The summed E-state index contributed by atoms with van der Waals surface area (Å²) in [7, 11) is -4.43. The molecule has 4 atom stereocenters. The predicted molar refractivity (Wildman–Crippen MR) is 126 cm³/mol. The average Bonchev–Trinajstić information content (AvgIpc) is 3.29. The quantitative estimate of drug-likeness (QED) is 0.128. The summed E-state index contributed by atoms with van der Waals surface area (Å²) in [5.41, 5.74) is -0.997. The Labute approximate surface area is 218 Å². The van der Waals surface area contributed by atoms with Crippen LogP contribution in [0.25, 0.3) is 0 Å². The monoisotopic (exact) mass is 572 g/mol. The third-order valence-electron chi connectivity index (χ3n) is 5.69. The molecule has 2 aliphatic heterocycles. The van der Waals surface area contributed by atoms with Gasteiger partial charge >= 0.3 is 5.97 Å². The van der Waals surface area contributed by atoms with E-state index in [4.69, 9.17) is 9.29 Å². The van der Waals surface area contributed by atoms with Gasteiger partial charge in [-0.15, -0.1) is 16.9 Å².